The minimum atomic E-state index is -0.846. The standard InChI is InChI=1S/C21H22F2N2O3/c1-14(18-10-9-16(22)12-19(18)23)28-20(26)15-6-5-11-25(13-15)21(27)24-17-7-3-2-4-8-17/h2-4,7-10,12,14-15H,5-6,11,13H2,1H3,(H,24,27). The Morgan fingerprint density at radius 2 is 1.93 bits per heavy atom. The summed E-state index contributed by atoms with van der Waals surface area (Å²) in [6, 6.07) is 11.9. The summed E-state index contributed by atoms with van der Waals surface area (Å²) >= 11 is 0. The molecule has 2 aromatic carbocycles. The van der Waals surface area contributed by atoms with E-state index >= 15 is 0 Å². The molecule has 2 atom stereocenters. The molecule has 1 aliphatic rings. The van der Waals surface area contributed by atoms with Gasteiger partial charge in [0.2, 0.25) is 0 Å². The zero-order valence-corrected chi connectivity index (χ0v) is 15.5. The molecular weight excluding hydrogens is 366 g/mol. The van der Waals surface area contributed by atoms with Gasteiger partial charge in [-0.1, -0.05) is 18.2 Å². The fourth-order valence-corrected chi connectivity index (χ4v) is 3.24. The predicted octanol–water partition coefficient (Wildman–Crippen LogP) is 4.51. The van der Waals surface area contributed by atoms with Crippen molar-refractivity contribution in [3.8, 4) is 0 Å². The third-order valence-electron chi connectivity index (χ3n) is 4.76. The minimum absolute atomic E-state index is 0.115. The van der Waals surface area contributed by atoms with Gasteiger partial charge in [-0.2, -0.15) is 0 Å². The van der Waals surface area contributed by atoms with Gasteiger partial charge < -0.3 is 15.0 Å². The summed E-state index contributed by atoms with van der Waals surface area (Å²) in [5, 5.41) is 2.80. The molecule has 5 nitrogen and oxygen atoms in total. The monoisotopic (exact) mass is 388 g/mol. The van der Waals surface area contributed by atoms with E-state index in [4.69, 9.17) is 4.74 Å². The van der Waals surface area contributed by atoms with Crippen molar-refractivity contribution in [1.82, 2.24) is 4.90 Å². The Bertz CT molecular complexity index is 845. The first-order valence-corrected chi connectivity index (χ1v) is 9.20. The zero-order chi connectivity index (χ0) is 20.1. The van der Waals surface area contributed by atoms with E-state index in [9.17, 15) is 18.4 Å². The smallest absolute Gasteiger partial charge is 0.321 e. The lowest BCUT2D eigenvalue weighted by molar-refractivity contribution is -0.155. The van der Waals surface area contributed by atoms with Crippen LogP contribution >= 0.6 is 0 Å². The lowest BCUT2D eigenvalue weighted by atomic mass is 9.98. The largest absolute Gasteiger partial charge is 0.457 e. The number of esters is 1. The van der Waals surface area contributed by atoms with Crippen molar-refractivity contribution in [2.45, 2.75) is 25.9 Å². The maximum Gasteiger partial charge on any atom is 0.321 e. The van der Waals surface area contributed by atoms with Gasteiger partial charge in [0.05, 0.1) is 5.92 Å². The number of urea groups is 1. The van der Waals surface area contributed by atoms with E-state index in [1.807, 2.05) is 18.2 Å². The first-order chi connectivity index (χ1) is 13.4. The number of ether oxygens (including phenoxy) is 1. The molecule has 1 aliphatic heterocycles. The van der Waals surface area contributed by atoms with Crippen LogP contribution in [0.4, 0.5) is 19.3 Å². The number of amides is 2. The third kappa shape index (κ3) is 4.85. The van der Waals surface area contributed by atoms with Gasteiger partial charge in [-0.3, -0.25) is 4.79 Å². The molecule has 148 valence electrons. The number of piperidine rings is 1. The Labute approximate surface area is 162 Å². The molecule has 2 unspecified atom stereocenters. The SMILES string of the molecule is CC(OC(=O)C1CCCN(C(=O)Nc2ccccc2)C1)c1ccc(F)cc1F. The van der Waals surface area contributed by atoms with Gasteiger partial charge in [-0.15, -0.1) is 0 Å². The van der Waals surface area contributed by atoms with Gasteiger partial charge in [0, 0.05) is 30.4 Å². The van der Waals surface area contributed by atoms with Crippen LogP contribution in [0.3, 0.4) is 0 Å². The molecule has 0 aromatic heterocycles. The fraction of sp³-hybridized carbons (Fsp3) is 0.333. The number of rotatable bonds is 4. The molecular formula is C21H22F2N2O3. The minimum Gasteiger partial charge on any atom is -0.457 e. The van der Waals surface area contributed by atoms with Crippen LogP contribution in [-0.2, 0) is 9.53 Å². The summed E-state index contributed by atoms with van der Waals surface area (Å²) in [4.78, 5) is 26.5. The number of hydrogen-bond acceptors (Lipinski definition) is 3. The Morgan fingerprint density at radius 3 is 2.64 bits per heavy atom. The average molecular weight is 388 g/mol. The molecule has 7 heteroatoms. The maximum atomic E-state index is 13.9. The van der Waals surface area contributed by atoms with Gasteiger partial charge in [0.1, 0.15) is 17.7 Å². The number of likely N-dealkylation sites (tertiary alicyclic amines) is 1. The first-order valence-electron chi connectivity index (χ1n) is 9.20. The van der Waals surface area contributed by atoms with Crippen molar-refractivity contribution in [1.29, 1.82) is 0 Å². The van der Waals surface area contributed by atoms with E-state index in [0.29, 0.717) is 25.1 Å². The van der Waals surface area contributed by atoms with E-state index in [2.05, 4.69) is 5.32 Å². The van der Waals surface area contributed by atoms with E-state index in [1.54, 1.807) is 17.0 Å². The molecule has 0 radical (unpaired) electrons. The average Bonchev–Trinajstić information content (AvgIpc) is 2.68. The second kappa shape index (κ2) is 8.82. The molecule has 0 aliphatic carbocycles. The lowest BCUT2D eigenvalue weighted by Crippen LogP contribution is -2.44. The second-order valence-corrected chi connectivity index (χ2v) is 6.83. The number of carbonyl (C=O) groups is 2. The number of anilines is 1. The zero-order valence-electron chi connectivity index (χ0n) is 15.5. The number of nitrogens with zero attached hydrogens (tertiary/aromatic N) is 1. The Morgan fingerprint density at radius 1 is 1.18 bits per heavy atom. The number of hydrogen-bond donors (Lipinski definition) is 1. The maximum absolute atomic E-state index is 13.9. The first kappa shape index (κ1) is 19.8. The Balaban J connectivity index is 1.58. The topological polar surface area (TPSA) is 58.6 Å². The molecule has 0 spiro atoms. The van der Waals surface area contributed by atoms with E-state index < -0.39 is 29.6 Å². The van der Waals surface area contributed by atoms with Gasteiger partial charge in [-0.25, -0.2) is 13.6 Å². The number of benzene rings is 2. The summed E-state index contributed by atoms with van der Waals surface area (Å²) in [5.74, 6) is -2.42. The molecule has 0 saturated carbocycles. The predicted molar refractivity (Wildman–Crippen MR) is 101 cm³/mol. The van der Waals surface area contributed by atoms with E-state index in [1.165, 1.54) is 13.0 Å². The summed E-state index contributed by atoms with van der Waals surface area (Å²) in [6.45, 7) is 2.32. The molecule has 1 fully saturated rings. The van der Waals surface area contributed by atoms with Crippen molar-refractivity contribution in [3.05, 3.63) is 65.7 Å². The van der Waals surface area contributed by atoms with Crippen LogP contribution in [0.25, 0.3) is 0 Å². The van der Waals surface area contributed by atoms with E-state index in [0.717, 1.165) is 12.1 Å². The van der Waals surface area contributed by atoms with Crippen molar-refractivity contribution in [2.75, 3.05) is 18.4 Å². The molecule has 0 bridgehead atoms. The van der Waals surface area contributed by atoms with Gasteiger partial charge in [-0.05, 0) is 44.0 Å². The number of para-hydroxylation sites is 1. The summed E-state index contributed by atoms with van der Waals surface area (Å²) in [5.41, 5.74) is 0.793. The highest BCUT2D eigenvalue weighted by Crippen LogP contribution is 2.25. The Kier molecular flexibility index (Phi) is 6.23. The lowest BCUT2D eigenvalue weighted by Gasteiger charge is -2.32. The molecule has 1 saturated heterocycles. The van der Waals surface area contributed by atoms with Crippen molar-refractivity contribution in [3.63, 3.8) is 0 Å². The van der Waals surface area contributed by atoms with Gasteiger partial charge in [0.25, 0.3) is 0 Å². The van der Waals surface area contributed by atoms with Crippen LogP contribution in [0.5, 0.6) is 0 Å². The summed E-state index contributed by atoms with van der Waals surface area (Å²) in [6.07, 6.45) is 0.412. The third-order valence-corrected chi connectivity index (χ3v) is 4.76. The quantitative estimate of drug-likeness (QED) is 0.784. The highest BCUT2D eigenvalue weighted by atomic mass is 19.1. The molecule has 3 rings (SSSR count). The van der Waals surface area contributed by atoms with E-state index in [-0.39, 0.29) is 18.1 Å². The van der Waals surface area contributed by atoms with Crippen LogP contribution < -0.4 is 5.32 Å². The summed E-state index contributed by atoms with van der Waals surface area (Å²) < 4.78 is 32.3. The number of halogens is 2. The van der Waals surface area contributed by atoms with Gasteiger partial charge in [0.15, 0.2) is 0 Å². The van der Waals surface area contributed by atoms with Crippen LogP contribution in [0.2, 0.25) is 0 Å². The number of nitrogens with one attached hydrogen (secondary N) is 1. The highest BCUT2D eigenvalue weighted by Gasteiger charge is 2.31. The van der Waals surface area contributed by atoms with Crippen LogP contribution in [0.15, 0.2) is 48.5 Å². The molecule has 1 heterocycles. The fourth-order valence-electron chi connectivity index (χ4n) is 3.24. The molecule has 2 amide bonds. The van der Waals surface area contributed by atoms with Crippen molar-refractivity contribution in [2.24, 2.45) is 5.92 Å². The van der Waals surface area contributed by atoms with Crippen LogP contribution in [-0.4, -0.2) is 30.0 Å². The Hall–Kier alpha value is -2.96. The van der Waals surface area contributed by atoms with Crippen LogP contribution in [0.1, 0.15) is 31.4 Å². The van der Waals surface area contributed by atoms with Crippen LogP contribution in [0, 0.1) is 17.6 Å². The van der Waals surface area contributed by atoms with Gasteiger partial charge >= 0.3 is 12.0 Å². The van der Waals surface area contributed by atoms with Crippen molar-refractivity contribution >= 4 is 17.7 Å². The number of carbonyl (C=O) groups excluding carboxylic acids is 2. The van der Waals surface area contributed by atoms with Crippen molar-refractivity contribution < 1.29 is 23.1 Å². The normalized spacial score (nSPS) is 17.7. The second-order valence-electron chi connectivity index (χ2n) is 6.83. The molecule has 2 aromatic rings. The summed E-state index contributed by atoms with van der Waals surface area (Å²) in [7, 11) is 0. The molecule has 1 N–H and O–H groups in total. The molecule has 28 heavy (non-hydrogen) atoms. The highest BCUT2D eigenvalue weighted by molar-refractivity contribution is 5.89.